The van der Waals surface area contributed by atoms with Crippen LogP contribution in [-0.2, 0) is 6.61 Å². The summed E-state index contributed by atoms with van der Waals surface area (Å²) in [6, 6.07) is 12.1. The Morgan fingerprint density at radius 2 is 1.71 bits per heavy atom. The van der Waals surface area contributed by atoms with E-state index < -0.39 is 0 Å². The number of hydrogen-bond acceptors (Lipinski definition) is 3. The van der Waals surface area contributed by atoms with E-state index in [4.69, 9.17) is 15.2 Å². The van der Waals surface area contributed by atoms with Crippen LogP contribution in [0.3, 0.4) is 0 Å². The third kappa shape index (κ3) is 3.56. The minimum atomic E-state index is -0.0217. The Bertz CT molecular complexity index is 600. The van der Waals surface area contributed by atoms with Crippen molar-refractivity contribution in [3.05, 3.63) is 58.7 Å². The van der Waals surface area contributed by atoms with E-state index in [1.165, 1.54) is 16.7 Å². The average molecular weight is 285 g/mol. The van der Waals surface area contributed by atoms with Crippen molar-refractivity contribution in [3.63, 3.8) is 0 Å². The summed E-state index contributed by atoms with van der Waals surface area (Å²) in [7, 11) is 1.65. The smallest absolute Gasteiger partial charge is 0.161 e. The molecule has 2 aromatic carbocycles. The van der Waals surface area contributed by atoms with Gasteiger partial charge in [0, 0.05) is 6.04 Å². The molecular weight excluding hydrogens is 262 g/mol. The normalized spacial score (nSPS) is 12.0. The Kier molecular flexibility index (Phi) is 4.86. The molecule has 2 N–H and O–H groups in total. The summed E-state index contributed by atoms with van der Waals surface area (Å²) in [6.45, 7) is 6.68. The molecule has 0 aliphatic rings. The zero-order valence-electron chi connectivity index (χ0n) is 13.1. The molecule has 1 atom stereocenters. The molecule has 3 nitrogen and oxygen atoms in total. The zero-order valence-corrected chi connectivity index (χ0v) is 13.1. The van der Waals surface area contributed by atoms with E-state index in [0.29, 0.717) is 6.61 Å². The number of benzene rings is 2. The summed E-state index contributed by atoms with van der Waals surface area (Å²) in [5, 5.41) is 0. The molecule has 0 unspecified atom stereocenters. The molecule has 0 heterocycles. The lowest BCUT2D eigenvalue weighted by atomic mass is 10.0. The van der Waals surface area contributed by atoms with Crippen molar-refractivity contribution in [3.8, 4) is 11.5 Å². The number of hydrogen-bond donors (Lipinski definition) is 1. The van der Waals surface area contributed by atoms with Crippen LogP contribution in [0.2, 0.25) is 0 Å². The van der Waals surface area contributed by atoms with Crippen LogP contribution in [0.4, 0.5) is 0 Å². The highest BCUT2D eigenvalue weighted by molar-refractivity contribution is 5.44. The topological polar surface area (TPSA) is 44.5 Å². The van der Waals surface area contributed by atoms with Crippen molar-refractivity contribution < 1.29 is 9.47 Å². The third-order valence-electron chi connectivity index (χ3n) is 3.73. The molecule has 2 aromatic rings. The van der Waals surface area contributed by atoms with Gasteiger partial charge < -0.3 is 15.2 Å². The summed E-state index contributed by atoms with van der Waals surface area (Å²) < 4.78 is 11.3. The predicted octanol–water partition coefficient (Wildman–Crippen LogP) is 3.91. The molecule has 0 radical (unpaired) electrons. The first-order valence-electron chi connectivity index (χ1n) is 7.14. The SMILES string of the molecule is COc1cc([C@@H](C)N)ccc1OCc1c(C)cccc1C. The van der Waals surface area contributed by atoms with E-state index in [-0.39, 0.29) is 6.04 Å². The van der Waals surface area contributed by atoms with Gasteiger partial charge in [0.05, 0.1) is 7.11 Å². The molecule has 0 bridgehead atoms. The van der Waals surface area contributed by atoms with Crippen LogP contribution >= 0.6 is 0 Å². The van der Waals surface area contributed by atoms with E-state index >= 15 is 0 Å². The lowest BCUT2D eigenvalue weighted by molar-refractivity contribution is 0.283. The van der Waals surface area contributed by atoms with Crippen molar-refractivity contribution in [1.82, 2.24) is 0 Å². The Morgan fingerprint density at radius 3 is 2.29 bits per heavy atom. The van der Waals surface area contributed by atoms with Crippen molar-refractivity contribution in [2.75, 3.05) is 7.11 Å². The van der Waals surface area contributed by atoms with E-state index in [9.17, 15) is 0 Å². The molecule has 0 aromatic heterocycles. The summed E-state index contributed by atoms with van der Waals surface area (Å²) >= 11 is 0. The lowest BCUT2D eigenvalue weighted by Gasteiger charge is -2.15. The number of methoxy groups -OCH3 is 1. The van der Waals surface area contributed by atoms with Gasteiger partial charge in [0.2, 0.25) is 0 Å². The maximum atomic E-state index is 5.94. The molecule has 0 aliphatic carbocycles. The van der Waals surface area contributed by atoms with Crippen LogP contribution in [0.1, 0.15) is 35.2 Å². The molecule has 0 saturated carbocycles. The van der Waals surface area contributed by atoms with Crippen LogP contribution in [0.5, 0.6) is 11.5 Å². The van der Waals surface area contributed by atoms with E-state index in [2.05, 4.69) is 32.0 Å². The van der Waals surface area contributed by atoms with Crippen LogP contribution in [-0.4, -0.2) is 7.11 Å². The van der Waals surface area contributed by atoms with Gasteiger partial charge in [-0.1, -0.05) is 24.3 Å². The molecule has 0 fully saturated rings. The van der Waals surface area contributed by atoms with Gasteiger partial charge >= 0.3 is 0 Å². The van der Waals surface area contributed by atoms with Crippen LogP contribution < -0.4 is 15.2 Å². The molecule has 0 aliphatic heterocycles. The zero-order chi connectivity index (χ0) is 15.4. The van der Waals surface area contributed by atoms with E-state index in [0.717, 1.165) is 17.1 Å². The minimum absolute atomic E-state index is 0.0217. The number of rotatable bonds is 5. The van der Waals surface area contributed by atoms with Crippen molar-refractivity contribution in [2.45, 2.75) is 33.4 Å². The van der Waals surface area contributed by atoms with E-state index in [1.54, 1.807) is 7.11 Å². The lowest BCUT2D eigenvalue weighted by Crippen LogP contribution is -2.06. The summed E-state index contributed by atoms with van der Waals surface area (Å²) in [6.07, 6.45) is 0. The van der Waals surface area contributed by atoms with E-state index in [1.807, 2.05) is 25.1 Å². The molecule has 0 spiro atoms. The van der Waals surface area contributed by atoms with Gasteiger partial charge in [0.25, 0.3) is 0 Å². The largest absolute Gasteiger partial charge is 0.493 e. The van der Waals surface area contributed by atoms with Gasteiger partial charge in [-0.3, -0.25) is 0 Å². The second kappa shape index (κ2) is 6.64. The maximum absolute atomic E-state index is 5.94. The highest BCUT2D eigenvalue weighted by Crippen LogP contribution is 2.31. The molecule has 21 heavy (non-hydrogen) atoms. The molecule has 3 heteroatoms. The van der Waals surface area contributed by atoms with Crippen molar-refractivity contribution in [2.24, 2.45) is 5.73 Å². The third-order valence-corrected chi connectivity index (χ3v) is 3.73. The Balaban J connectivity index is 2.20. The fraction of sp³-hybridized carbons (Fsp3) is 0.333. The first-order chi connectivity index (χ1) is 10.0. The Labute approximate surface area is 126 Å². The average Bonchev–Trinajstić information content (AvgIpc) is 2.46. The first kappa shape index (κ1) is 15.4. The van der Waals surface area contributed by atoms with Gasteiger partial charge in [-0.15, -0.1) is 0 Å². The number of ether oxygens (including phenoxy) is 2. The molecule has 0 amide bonds. The summed E-state index contributed by atoms with van der Waals surface area (Å²) in [5.74, 6) is 1.46. The van der Waals surface area contributed by atoms with Crippen molar-refractivity contribution in [1.29, 1.82) is 0 Å². The van der Waals surface area contributed by atoms with Gasteiger partial charge in [0.1, 0.15) is 6.61 Å². The quantitative estimate of drug-likeness (QED) is 0.905. The van der Waals surface area contributed by atoms with Gasteiger partial charge in [-0.25, -0.2) is 0 Å². The minimum Gasteiger partial charge on any atom is -0.493 e. The first-order valence-corrected chi connectivity index (χ1v) is 7.14. The second-order valence-electron chi connectivity index (χ2n) is 5.36. The summed E-state index contributed by atoms with van der Waals surface area (Å²) in [4.78, 5) is 0. The molecular formula is C18H23NO2. The van der Waals surface area contributed by atoms with Crippen LogP contribution in [0, 0.1) is 13.8 Å². The second-order valence-corrected chi connectivity index (χ2v) is 5.36. The molecule has 2 rings (SSSR count). The molecule has 112 valence electrons. The van der Waals surface area contributed by atoms with Crippen LogP contribution in [0.25, 0.3) is 0 Å². The fourth-order valence-electron chi connectivity index (χ4n) is 2.31. The Morgan fingerprint density at radius 1 is 1.05 bits per heavy atom. The van der Waals surface area contributed by atoms with Gasteiger partial charge in [-0.2, -0.15) is 0 Å². The van der Waals surface area contributed by atoms with Crippen LogP contribution in [0.15, 0.2) is 36.4 Å². The Hall–Kier alpha value is -2.00. The summed E-state index contributed by atoms with van der Waals surface area (Å²) in [5.41, 5.74) is 10.6. The number of nitrogens with two attached hydrogens (primary N) is 1. The van der Waals surface area contributed by atoms with Gasteiger partial charge in [-0.05, 0) is 55.2 Å². The van der Waals surface area contributed by atoms with Crippen molar-refractivity contribution >= 4 is 0 Å². The molecule has 0 saturated heterocycles. The predicted molar refractivity (Wildman–Crippen MR) is 85.8 cm³/mol. The highest BCUT2D eigenvalue weighted by atomic mass is 16.5. The highest BCUT2D eigenvalue weighted by Gasteiger charge is 2.10. The maximum Gasteiger partial charge on any atom is 0.161 e. The fourth-order valence-corrected chi connectivity index (χ4v) is 2.31. The van der Waals surface area contributed by atoms with Gasteiger partial charge in [0.15, 0.2) is 11.5 Å². The standard InChI is InChI=1S/C18H23NO2/c1-12-6-5-7-13(2)16(12)11-21-17-9-8-15(14(3)19)10-18(17)20-4/h5-10,14H,11,19H2,1-4H3/t14-/m1/s1. The monoisotopic (exact) mass is 285 g/mol. The number of aryl methyl sites for hydroxylation is 2.